The number of phenols is 1. The Morgan fingerprint density at radius 1 is 0.842 bits per heavy atom. The predicted octanol–water partition coefficient (Wildman–Crippen LogP) is 0.843. The standard InChI is InChI=1S/C27H30O11/c1-35-21-11-15(5-9-19(21)31)3-7-17(29)13-18(30)8-4-16-6-10-20(22(12-16)36-2)37-27-26(34)25(33)24(32)23(14-28)38-27/h3-12,23-28,31-34H,13-14H2,1-2H3/b7-3+,8-4+/t23-,24+,25+,26-,27-/m1/s1. The number of aliphatic hydroxyl groups excluding tert-OH is 4. The Labute approximate surface area is 218 Å². The summed E-state index contributed by atoms with van der Waals surface area (Å²) in [4.78, 5) is 24.4. The number of benzene rings is 2. The molecule has 1 saturated heterocycles. The average molecular weight is 531 g/mol. The third kappa shape index (κ3) is 7.18. The Kier molecular flexibility index (Phi) is 9.99. The fourth-order valence-electron chi connectivity index (χ4n) is 3.64. The fourth-order valence-corrected chi connectivity index (χ4v) is 3.64. The molecule has 1 aliphatic heterocycles. The molecule has 11 heteroatoms. The van der Waals surface area contributed by atoms with E-state index in [-0.39, 0.29) is 29.4 Å². The smallest absolute Gasteiger partial charge is 0.229 e. The van der Waals surface area contributed by atoms with Crippen LogP contribution in [-0.2, 0) is 14.3 Å². The molecular weight excluding hydrogens is 500 g/mol. The molecule has 1 aliphatic rings. The van der Waals surface area contributed by atoms with Gasteiger partial charge in [0, 0.05) is 0 Å². The van der Waals surface area contributed by atoms with Crippen molar-refractivity contribution in [2.24, 2.45) is 0 Å². The minimum absolute atomic E-state index is 0.0265. The Hall–Kier alpha value is -3.74. The van der Waals surface area contributed by atoms with Gasteiger partial charge in [0.2, 0.25) is 6.29 Å². The summed E-state index contributed by atoms with van der Waals surface area (Å²) in [6.07, 6.45) is -2.02. The lowest BCUT2D eigenvalue weighted by atomic mass is 9.99. The molecule has 3 rings (SSSR count). The largest absolute Gasteiger partial charge is 0.504 e. The summed E-state index contributed by atoms with van der Waals surface area (Å²) in [6, 6.07) is 9.21. The van der Waals surface area contributed by atoms with E-state index in [1.165, 1.54) is 50.7 Å². The number of aliphatic hydroxyl groups is 4. The first-order valence-electron chi connectivity index (χ1n) is 11.6. The van der Waals surface area contributed by atoms with Crippen molar-refractivity contribution in [3.63, 3.8) is 0 Å². The van der Waals surface area contributed by atoms with Crippen LogP contribution in [0.2, 0.25) is 0 Å². The van der Waals surface area contributed by atoms with Gasteiger partial charge in [0.05, 0.1) is 27.2 Å². The molecule has 38 heavy (non-hydrogen) atoms. The molecule has 0 aliphatic carbocycles. The van der Waals surface area contributed by atoms with Crippen molar-refractivity contribution in [3.8, 4) is 23.0 Å². The van der Waals surface area contributed by atoms with Crippen LogP contribution in [0.1, 0.15) is 17.5 Å². The molecule has 0 bridgehead atoms. The molecule has 0 unspecified atom stereocenters. The van der Waals surface area contributed by atoms with Crippen molar-refractivity contribution in [3.05, 3.63) is 59.7 Å². The minimum Gasteiger partial charge on any atom is -0.504 e. The second kappa shape index (κ2) is 13.2. The first-order valence-corrected chi connectivity index (χ1v) is 11.6. The highest BCUT2D eigenvalue weighted by molar-refractivity contribution is 6.10. The fraction of sp³-hybridized carbons (Fsp3) is 0.333. The van der Waals surface area contributed by atoms with Gasteiger partial charge in [0.25, 0.3) is 0 Å². The first kappa shape index (κ1) is 28.8. The number of allylic oxidation sites excluding steroid dienone is 2. The monoisotopic (exact) mass is 530 g/mol. The zero-order chi connectivity index (χ0) is 27.8. The van der Waals surface area contributed by atoms with Crippen LogP contribution >= 0.6 is 0 Å². The Balaban J connectivity index is 1.61. The lowest BCUT2D eigenvalue weighted by Gasteiger charge is -2.39. The quantitative estimate of drug-likeness (QED) is 0.206. The van der Waals surface area contributed by atoms with E-state index in [2.05, 4.69) is 0 Å². The average Bonchev–Trinajstić information content (AvgIpc) is 2.92. The third-order valence-corrected chi connectivity index (χ3v) is 5.75. The van der Waals surface area contributed by atoms with E-state index >= 15 is 0 Å². The van der Waals surface area contributed by atoms with E-state index in [0.29, 0.717) is 11.1 Å². The summed E-state index contributed by atoms with van der Waals surface area (Å²) in [7, 11) is 2.79. The molecule has 1 fully saturated rings. The highest BCUT2D eigenvalue weighted by atomic mass is 16.7. The van der Waals surface area contributed by atoms with Gasteiger partial charge in [-0.15, -0.1) is 0 Å². The van der Waals surface area contributed by atoms with Crippen LogP contribution in [0.15, 0.2) is 48.6 Å². The maximum atomic E-state index is 12.3. The Bertz CT molecular complexity index is 1190. The first-order chi connectivity index (χ1) is 18.2. The second-order valence-electron chi connectivity index (χ2n) is 8.43. The van der Waals surface area contributed by atoms with Gasteiger partial charge in [0.15, 0.2) is 34.6 Å². The molecular formula is C27H30O11. The maximum absolute atomic E-state index is 12.3. The summed E-state index contributed by atoms with van der Waals surface area (Å²) in [5.74, 6) is -0.234. The van der Waals surface area contributed by atoms with E-state index in [0.717, 1.165) is 0 Å². The molecule has 204 valence electrons. The maximum Gasteiger partial charge on any atom is 0.229 e. The molecule has 11 nitrogen and oxygen atoms in total. The molecule has 5 N–H and O–H groups in total. The van der Waals surface area contributed by atoms with E-state index in [9.17, 15) is 35.1 Å². The van der Waals surface area contributed by atoms with Gasteiger partial charge in [0.1, 0.15) is 24.4 Å². The number of carbonyl (C=O) groups excluding carboxylic acids is 2. The van der Waals surface area contributed by atoms with Gasteiger partial charge in [-0.1, -0.05) is 24.3 Å². The highest BCUT2D eigenvalue weighted by Gasteiger charge is 2.44. The van der Waals surface area contributed by atoms with E-state index in [4.69, 9.17) is 18.9 Å². The van der Waals surface area contributed by atoms with Crippen molar-refractivity contribution >= 4 is 23.7 Å². The van der Waals surface area contributed by atoms with Gasteiger partial charge >= 0.3 is 0 Å². The van der Waals surface area contributed by atoms with Crippen LogP contribution in [0.3, 0.4) is 0 Å². The van der Waals surface area contributed by atoms with Crippen LogP contribution < -0.4 is 14.2 Å². The van der Waals surface area contributed by atoms with Crippen molar-refractivity contribution in [2.75, 3.05) is 20.8 Å². The normalized spacial score (nSPS) is 23.5. The molecule has 0 amide bonds. The van der Waals surface area contributed by atoms with Gasteiger partial charge in [-0.3, -0.25) is 9.59 Å². The van der Waals surface area contributed by atoms with Crippen LogP contribution in [0.4, 0.5) is 0 Å². The van der Waals surface area contributed by atoms with Gasteiger partial charge in [-0.25, -0.2) is 0 Å². The van der Waals surface area contributed by atoms with E-state index in [1.54, 1.807) is 24.3 Å². The lowest BCUT2D eigenvalue weighted by molar-refractivity contribution is -0.277. The number of phenolic OH excluding ortho intramolecular Hbond substituents is 1. The van der Waals surface area contributed by atoms with Gasteiger partial charge in [-0.05, 0) is 47.5 Å². The highest BCUT2D eigenvalue weighted by Crippen LogP contribution is 2.32. The number of rotatable bonds is 11. The molecule has 0 spiro atoms. The number of hydrogen-bond acceptors (Lipinski definition) is 11. The molecule has 0 saturated carbocycles. The van der Waals surface area contributed by atoms with Crippen LogP contribution in [0, 0.1) is 0 Å². The predicted molar refractivity (Wildman–Crippen MR) is 135 cm³/mol. The Morgan fingerprint density at radius 2 is 1.42 bits per heavy atom. The van der Waals surface area contributed by atoms with Crippen LogP contribution in [-0.4, -0.2) is 88.6 Å². The Morgan fingerprint density at radius 3 is 2.00 bits per heavy atom. The number of methoxy groups -OCH3 is 2. The molecule has 2 aromatic carbocycles. The number of ketones is 2. The van der Waals surface area contributed by atoms with Crippen molar-refractivity contribution in [2.45, 2.75) is 37.1 Å². The summed E-state index contributed by atoms with van der Waals surface area (Å²) >= 11 is 0. The molecule has 1 heterocycles. The minimum atomic E-state index is -1.59. The van der Waals surface area contributed by atoms with Gasteiger partial charge in [-0.2, -0.15) is 0 Å². The zero-order valence-electron chi connectivity index (χ0n) is 20.8. The third-order valence-electron chi connectivity index (χ3n) is 5.75. The summed E-state index contributed by atoms with van der Waals surface area (Å²) in [5, 5.41) is 49.0. The SMILES string of the molecule is COc1cc(/C=C/C(=O)CC(=O)/C=C/c2ccc(O[C@@H]3O[C@H](CO)[C@H](O)[C@H](O)[C@H]3O)c(OC)c2)ccc1O. The molecule has 5 atom stereocenters. The molecule has 0 radical (unpaired) electrons. The number of ether oxygens (including phenoxy) is 4. The van der Waals surface area contributed by atoms with Crippen molar-refractivity contribution < 1.29 is 54.1 Å². The number of hydrogen-bond donors (Lipinski definition) is 5. The van der Waals surface area contributed by atoms with E-state index < -0.39 is 48.9 Å². The summed E-state index contributed by atoms with van der Waals surface area (Å²) < 4.78 is 21.3. The summed E-state index contributed by atoms with van der Waals surface area (Å²) in [6.45, 7) is -0.594. The zero-order valence-corrected chi connectivity index (χ0v) is 20.8. The number of carbonyl (C=O) groups is 2. The molecule has 2 aromatic rings. The second-order valence-corrected chi connectivity index (χ2v) is 8.43. The van der Waals surface area contributed by atoms with Crippen molar-refractivity contribution in [1.82, 2.24) is 0 Å². The van der Waals surface area contributed by atoms with Crippen LogP contribution in [0.25, 0.3) is 12.2 Å². The topological polar surface area (TPSA) is 172 Å². The van der Waals surface area contributed by atoms with Crippen molar-refractivity contribution in [1.29, 1.82) is 0 Å². The number of aromatic hydroxyl groups is 1. The lowest BCUT2D eigenvalue weighted by Crippen LogP contribution is -2.60. The van der Waals surface area contributed by atoms with Gasteiger partial charge < -0.3 is 44.5 Å². The van der Waals surface area contributed by atoms with E-state index in [1.807, 2.05) is 0 Å². The summed E-state index contributed by atoms with van der Waals surface area (Å²) in [5.41, 5.74) is 1.17. The van der Waals surface area contributed by atoms with Crippen LogP contribution in [0.5, 0.6) is 23.0 Å². The molecule has 0 aromatic heterocycles.